The Balaban J connectivity index is 2.62. The fraction of sp³-hybridized carbons (Fsp3) is 0.625. The van der Waals surface area contributed by atoms with Crippen molar-refractivity contribution < 1.29 is 4.74 Å². The minimum Gasteiger partial charge on any atom is -0.360 e. The van der Waals surface area contributed by atoms with Crippen LogP contribution in [0.3, 0.4) is 0 Å². The molecule has 0 fully saturated rings. The van der Waals surface area contributed by atoms with Gasteiger partial charge >= 0.3 is 0 Å². The number of aromatic nitrogens is 2. The van der Waals surface area contributed by atoms with E-state index in [2.05, 4.69) is 5.10 Å². The van der Waals surface area contributed by atoms with Gasteiger partial charge in [-0.15, -0.1) is 0 Å². The minimum absolute atomic E-state index is 0.566. The maximum Gasteiger partial charge on any atom is 0.139 e. The van der Waals surface area contributed by atoms with Crippen molar-refractivity contribution in [3.05, 3.63) is 17.5 Å². The van der Waals surface area contributed by atoms with Gasteiger partial charge in [0, 0.05) is 12.3 Å². The van der Waals surface area contributed by atoms with E-state index >= 15 is 0 Å². The molecule has 1 aromatic heterocycles. The number of aryl methyl sites for hydroxylation is 2. The maximum atomic E-state index is 5.21. The van der Waals surface area contributed by atoms with Crippen LogP contribution in [0.25, 0.3) is 0 Å². The molecule has 62 valence electrons. The second-order valence-corrected chi connectivity index (χ2v) is 2.55. The first-order valence-electron chi connectivity index (χ1n) is 3.83. The van der Waals surface area contributed by atoms with Gasteiger partial charge in [0.25, 0.3) is 0 Å². The van der Waals surface area contributed by atoms with Gasteiger partial charge in [-0.05, 0) is 26.8 Å². The molecule has 0 saturated carbocycles. The molecular formula is C8H14N2O. The van der Waals surface area contributed by atoms with Crippen LogP contribution in [0, 0.1) is 13.8 Å². The first-order valence-corrected chi connectivity index (χ1v) is 3.83. The van der Waals surface area contributed by atoms with Crippen LogP contribution in [0.15, 0.2) is 6.07 Å². The van der Waals surface area contributed by atoms with E-state index in [0.29, 0.717) is 6.73 Å². The van der Waals surface area contributed by atoms with E-state index < -0.39 is 0 Å². The molecule has 0 radical (unpaired) electrons. The summed E-state index contributed by atoms with van der Waals surface area (Å²) in [7, 11) is 0. The summed E-state index contributed by atoms with van der Waals surface area (Å²) in [6.45, 7) is 7.29. The molecule has 1 heterocycles. The highest BCUT2D eigenvalue weighted by Crippen LogP contribution is 2.00. The third-order valence-electron chi connectivity index (χ3n) is 1.52. The van der Waals surface area contributed by atoms with Gasteiger partial charge in [-0.1, -0.05) is 0 Å². The van der Waals surface area contributed by atoms with Crippen LogP contribution >= 0.6 is 0 Å². The van der Waals surface area contributed by atoms with Gasteiger partial charge in [0.15, 0.2) is 0 Å². The number of rotatable bonds is 3. The lowest BCUT2D eigenvalue weighted by Crippen LogP contribution is -2.05. The lowest BCUT2D eigenvalue weighted by Gasteiger charge is -2.02. The quantitative estimate of drug-likeness (QED) is 0.659. The Bertz CT molecular complexity index is 230. The minimum atomic E-state index is 0.566. The second kappa shape index (κ2) is 3.53. The van der Waals surface area contributed by atoms with Crippen molar-refractivity contribution in [2.45, 2.75) is 27.5 Å². The van der Waals surface area contributed by atoms with E-state index in [1.165, 1.54) is 0 Å². The van der Waals surface area contributed by atoms with Gasteiger partial charge in [0.2, 0.25) is 0 Å². The summed E-state index contributed by atoms with van der Waals surface area (Å²) < 4.78 is 7.07. The van der Waals surface area contributed by atoms with E-state index in [0.717, 1.165) is 18.0 Å². The molecule has 0 spiro atoms. The van der Waals surface area contributed by atoms with E-state index in [1.807, 2.05) is 31.5 Å². The Kier molecular flexibility index (Phi) is 2.65. The molecule has 0 aliphatic carbocycles. The highest BCUT2D eigenvalue weighted by Gasteiger charge is 1.98. The first-order chi connectivity index (χ1) is 5.24. The van der Waals surface area contributed by atoms with Crippen LogP contribution in [-0.4, -0.2) is 16.4 Å². The molecule has 0 amide bonds. The number of nitrogens with zero attached hydrogens (tertiary/aromatic N) is 2. The zero-order chi connectivity index (χ0) is 8.27. The highest BCUT2D eigenvalue weighted by molar-refractivity contribution is 5.05. The standard InChI is InChI=1S/C8H14N2O/c1-4-11-6-10-8(3)5-7(2)9-10/h5H,4,6H2,1-3H3. The maximum absolute atomic E-state index is 5.21. The zero-order valence-electron chi connectivity index (χ0n) is 7.29. The van der Waals surface area contributed by atoms with Crippen LogP contribution in [0.4, 0.5) is 0 Å². The summed E-state index contributed by atoms with van der Waals surface area (Å²) >= 11 is 0. The zero-order valence-corrected chi connectivity index (χ0v) is 7.29. The van der Waals surface area contributed by atoms with Gasteiger partial charge in [0.1, 0.15) is 6.73 Å². The topological polar surface area (TPSA) is 27.1 Å². The van der Waals surface area contributed by atoms with Gasteiger partial charge in [0.05, 0.1) is 5.69 Å². The SMILES string of the molecule is CCOCn1nc(C)cc1C. The summed E-state index contributed by atoms with van der Waals surface area (Å²) in [6, 6.07) is 2.04. The first kappa shape index (κ1) is 8.27. The average molecular weight is 154 g/mol. The predicted octanol–water partition coefficient (Wildman–Crippen LogP) is 1.49. The summed E-state index contributed by atoms with van der Waals surface area (Å²) in [6.07, 6.45) is 0. The fourth-order valence-corrected chi connectivity index (χ4v) is 0.983. The van der Waals surface area contributed by atoms with E-state index in [9.17, 15) is 0 Å². The molecule has 1 rings (SSSR count). The predicted molar refractivity (Wildman–Crippen MR) is 43.3 cm³/mol. The van der Waals surface area contributed by atoms with Gasteiger partial charge in [-0.25, -0.2) is 4.68 Å². The Labute approximate surface area is 67.0 Å². The molecule has 0 atom stereocenters. The normalized spacial score (nSPS) is 10.5. The molecule has 0 N–H and O–H groups in total. The van der Waals surface area contributed by atoms with Crippen molar-refractivity contribution in [1.29, 1.82) is 0 Å². The smallest absolute Gasteiger partial charge is 0.139 e. The summed E-state index contributed by atoms with van der Waals surface area (Å²) in [5, 5.41) is 4.24. The van der Waals surface area contributed by atoms with E-state index in [-0.39, 0.29) is 0 Å². The fourth-order valence-electron chi connectivity index (χ4n) is 0.983. The van der Waals surface area contributed by atoms with Gasteiger partial charge in [-0.2, -0.15) is 5.10 Å². The van der Waals surface area contributed by atoms with E-state index in [1.54, 1.807) is 0 Å². The molecule has 11 heavy (non-hydrogen) atoms. The van der Waals surface area contributed by atoms with Crippen LogP contribution in [0.1, 0.15) is 18.3 Å². The number of ether oxygens (including phenoxy) is 1. The van der Waals surface area contributed by atoms with Crippen molar-refractivity contribution >= 4 is 0 Å². The highest BCUT2D eigenvalue weighted by atomic mass is 16.5. The van der Waals surface area contributed by atoms with E-state index in [4.69, 9.17) is 4.74 Å². The Morgan fingerprint density at radius 3 is 2.73 bits per heavy atom. The molecule has 3 heteroatoms. The third-order valence-corrected chi connectivity index (χ3v) is 1.52. The van der Waals surface area contributed by atoms with Gasteiger partial charge in [-0.3, -0.25) is 0 Å². The molecule has 1 aromatic rings. The van der Waals surface area contributed by atoms with Crippen molar-refractivity contribution in [3.8, 4) is 0 Å². The number of hydrogen-bond acceptors (Lipinski definition) is 2. The molecule has 0 saturated heterocycles. The van der Waals surface area contributed by atoms with Crippen LogP contribution in [0.5, 0.6) is 0 Å². The lowest BCUT2D eigenvalue weighted by molar-refractivity contribution is 0.0775. The molecule has 0 unspecified atom stereocenters. The second-order valence-electron chi connectivity index (χ2n) is 2.55. The summed E-state index contributed by atoms with van der Waals surface area (Å²) in [5.74, 6) is 0. The molecule has 0 aliphatic rings. The van der Waals surface area contributed by atoms with Crippen LogP contribution in [-0.2, 0) is 11.5 Å². The van der Waals surface area contributed by atoms with Crippen molar-refractivity contribution in [2.75, 3.05) is 6.61 Å². The monoisotopic (exact) mass is 154 g/mol. The van der Waals surface area contributed by atoms with Crippen molar-refractivity contribution in [1.82, 2.24) is 9.78 Å². The molecule has 0 aromatic carbocycles. The Morgan fingerprint density at radius 1 is 1.55 bits per heavy atom. The number of hydrogen-bond donors (Lipinski definition) is 0. The lowest BCUT2D eigenvalue weighted by atomic mass is 10.4. The molecular weight excluding hydrogens is 140 g/mol. The van der Waals surface area contributed by atoms with Crippen molar-refractivity contribution in [2.24, 2.45) is 0 Å². The molecule has 3 nitrogen and oxygen atoms in total. The van der Waals surface area contributed by atoms with Crippen LogP contribution in [0.2, 0.25) is 0 Å². The summed E-state index contributed by atoms with van der Waals surface area (Å²) in [5.41, 5.74) is 2.19. The van der Waals surface area contributed by atoms with Gasteiger partial charge < -0.3 is 4.74 Å². The third kappa shape index (κ3) is 2.05. The summed E-state index contributed by atoms with van der Waals surface area (Å²) in [4.78, 5) is 0. The molecule has 0 aliphatic heterocycles. The largest absolute Gasteiger partial charge is 0.360 e. The Morgan fingerprint density at radius 2 is 2.27 bits per heavy atom. The Hall–Kier alpha value is -0.830. The molecule has 0 bridgehead atoms. The average Bonchev–Trinajstić information content (AvgIpc) is 2.26. The van der Waals surface area contributed by atoms with Crippen molar-refractivity contribution in [3.63, 3.8) is 0 Å². The van der Waals surface area contributed by atoms with Crippen LogP contribution < -0.4 is 0 Å².